The van der Waals surface area contributed by atoms with Gasteiger partial charge in [0.15, 0.2) is 0 Å². The van der Waals surface area contributed by atoms with Gasteiger partial charge in [-0.15, -0.1) is 6.58 Å². The molecule has 0 aromatic heterocycles. The number of hydroxylamine groups is 2. The zero-order valence-corrected chi connectivity index (χ0v) is 9.09. The molecule has 1 saturated heterocycles. The van der Waals surface area contributed by atoms with Gasteiger partial charge in [0.05, 0.1) is 32.0 Å². The van der Waals surface area contributed by atoms with Gasteiger partial charge in [0, 0.05) is 6.54 Å². The molecule has 0 radical (unpaired) electrons. The van der Waals surface area contributed by atoms with Crippen LogP contribution in [-0.2, 0) is 4.84 Å². The SMILES string of the molecule is C=CCON1CN2C[C@H]1C=C(C)[C@H]2CO. The van der Waals surface area contributed by atoms with Crippen molar-refractivity contribution in [3.8, 4) is 0 Å². The Bertz CT molecular complexity index is 278. The molecule has 0 aromatic rings. The van der Waals surface area contributed by atoms with E-state index in [9.17, 15) is 5.11 Å². The molecule has 2 bridgehead atoms. The van der Waals surface area contributed by atoms with Gasteiger partial charge in [-0.05, 0) is 6.92 Å². The molecule has 0 aromatic carbocycles. The van der Waals surface area contributed by atoms with Gasteiger partial charge >= 0.3 is 0 Å². The van der Waals surface area contributed by atoms with E-state index < -0.39 is 0 Å². The molecule has 3 atom stereocenters. The molecule has 15 heavy (non-hydrogen) atoms. The first-order chi connectivity index (χ1) is 7.26. The summed E-state index contributed by atoms with van der Waals surface area (Å²) in [6, 6.07) is 0.492. The Balaban J connectivity index is 2.04. The highest BCUT2D eigenvalue weighted by Crippen LogP contribution is 2.27. The highest BCUT2D eigenvalue weighted by molar-refractivity contribution is 5.19. The van der Waals surface area contributed by atoms with Crippen LogP contribution < -0.4 is 0 Å². The summed E-state index contributed by atoms with van der Waals surface area (Å²) >= 11 is 0. The third-order valence-corrected chi connectivity index (χ3v) is 3.07. The number of hydrogen-bond acceptors (Lipinski definition) is 4. The van der Waals surface area contributed by atoms with E-state index in [2.05, 4.69) is 24.5 Å². The summed E-state index contributed by atoms with van der Waals surface area (Å²) in [5, 5.41) is 11.2. The molecule has 1 fully saturated rings. The fourth-order valence-corrected chi connectivity index (χ4v) is 2.28. The van der Waals surface area contributed by atoms with Gasteiger partial charge < -0.3 is 5.11 Å². The first kappa shape index (κ1) is 10.8. The van der Waals surface area contributed by atoms with Gasteiger partial charge in [0.2, 0.25) is 0 Å². The molecular formula is C11H18N2O2. The number of rotatable bonds is 4. The van der Waals surface area contributed by atoms with Crippen molar-refractivity contribution in [1.82, 2.24) is 9.96 Å². The number of nitrogens with zero attached hydrogens (tertiary/aromatic N) is 2. The lowest BCUT2D eigenvalue weighted by atomic mass is 10.0. The molecule has 84 valence electrons. The monoisotopic (exact) mass is 210 g/mol. The summed E-state index contributed by atoms with van der Waals surface area (Å²) in [6.07, 6.45) is 3.94. The molecule has 2 aliphatic heterocycles. The van der Waals surface area contributed by atoms with Gasteiger partial charge in [-0.2, -0.15) is 5.06 Å². The maximum absolute atomic E-state index is 9.29. The summed E-state index contributed by atoms with van der Waals surface area (Å²) in [7, 11) is 0. The molecule has 2 rings (SSSR count). The first-order valence-electron chi connectivity index (χ1n) is 5.30. The third-order valence-electron chi connectivity index (χ3n) is 3.07. The zero-order chi connectivity index (χ0) is 10.8. The van der Waals surface area contributed by atoms with E-state index in [0.29, 0.717) is 12.6 Å². The van der Waals surface area contributed by atoms with Crippen LogP contribution in [0.5, 0.6) is 0 Å². The van der Waals surface area contributed by atoms with Crippen LogP contribution in [0.25, 0.3) is 0 Å². The van der Waals surface area contributed by atoms with Gasteiger partial charge in [-0.3, -0.25) is 9.74 Å². The number of aliphatic hydroxyl groups excluding tert-OH is 1. The van der Waals surface area contributed by atoms with Crippen molar-refractivity contribution in [3.63, 3.8) is 0 Å². The predicted molar refractivity (Wildman–Crippen MR) is 58.0 cm³/mol. The van der Waals surface area contributed by atoms with E-state index in [-0.39, 0.29) is 12.6 Å². The maximum atomic E-state index is 9.29. The topological polar surface area (TPSA) is 35.9 Å². The molecule has 2 aliphatic rings. The van der Waals surface area contributed by atoms with E-state index in [4.69, 9.17) is 4.84 Å². The number of fused-ring (bicyclic) bond motifs is 2. The Morgan fingerprint density at radius 3 is 3.20 bits per heavy atom. The molecule has 1 unspecified atom stereocenters. The van der Waals surface area contributed by atoms with Gasteiger partial charge in [0.25, 0.3) is 0 Å². The fraction of sp³-hybridized carbons (Fsp3) is 0.636. The zero-order valence-electron chi connectivity index (χ0n) is 9.09. The van der Waals surface area contributed by atoms with E-state index in [0.717, 1.165) is 13.2 Å². The first-order valence-corrected chi connectivity index (χ1v) is 5.30. The number of aliphatic hydroxyl groups is 1. The van der Waals surface area contributed by atoms with Crippen LogP contribution in [0, 0.1) is 0 Å². The Morgan fingerprint density at radius 2 is 2.53 bits per heavy atom. The van der Waals surface area contributed by atoms with E-state index >= 15 is 0 Å². The third kappa shape index (κ3) is 1.99. The normalized spacial score (nSPS) is 35.3. The Hall–Kier alpha value is -0.680. The summed E-state index contributed by atoms with van der Waals surface area (Å²) in [5.41, 5.74) is 1.23. The summed E-state index contributed by atoms with van der Waals surface area (Å²) in [4.78, 5) is 7.79. The van der Waals surface area contributed by atoms with Crippen molar-refractivity contribution >= 4 is 0 Å². The molecular weight excluding hydrogens is 192 g/mol. The van der Waals surface area contributed by atoms with Crippen molar-refractivity contribution in [2.24, 2.45) is 0 Å². The van der Waals surface area contributed by atoms with Crippen molar-refractivity contribution in [2.45, 2.75) is 19.0 Å². The van der Waals surface area contributed by atoms with E-state index in [1.807, 2.05) is 5.06 Å². The van der Waals surface area contributed by atoms with Crippen LogP contribution in [0.15, 0.2) is 24.3 Å². The fourth-order valence-electron chi connectivity index (χ4n) is 2.28. The van der Waals surface area contributed by atoms with Crippen LogP contribution in [0.4, 0.5) is 0 Å². The summed E-state index contributed by atoms with van der Waals surface area (Å²) in [6.45, 7) is 8.13. The van der Waals surface area contributed by atoms with Crippen LogP contribution in [0.3, 0.4) is 0 Å². The Labute approximate surface area is 90.4 Å². The second-order valence-electron chi connectivity index (χ2n) is 4.09. The molecule has 1 N–H and O–H groups in total. The van der Waals surface area contributed by atoms with E-state index in [1.54, 1.807) is 6.08 Å². The van der Waals surface area contributed by atoms with Gasteiger partial charge in [0.1, 0.15) is 0 Å². The predicted octanol–water partition coefficient (Wildman–Crippen LogP) is 0.368. The van der Waals surface area contributed by atoms with Crippen LogP contribution in [0.1, 0.15) is 6.92 Å². The largest absolute Gasteiger partial charge is 0.394 e. The highest BCUT2D eigenvalue weighted by atomic mass is 16.7. The summed E-state index contributed by atoms with van der Waals surface area (Å²) < 4.78 is 0. The van der Waals surface area contributed by atoms with Crippen LogP contribution in [-0.4, -0.2) is 53.6 Å². The molecule has 0 spiro atoms. The Morgan fingerprint density at radius 1 is 1.73 bits per heavy atom. The lowest BCUT2D eigenvalue weighted by Crippen LogP contribution is -2.40. The number of hydrogen-bond donors (Lipinski definition) is 1. The Kier molecular flexibility index (Phi) is 3.21. The lowest BCUT2D eigenvalue weighted by molar-refractivity contribution is -0.154. The maximum Gasteiger partial charge on any atom is 0.0864 e. The minimum absolute atomic E-state index is 0.165. The molecule has 0 amide bonds. The van der Waals surface area contributed by atoms with Gasteiger partial charge in [-0.25, -0.2) is 0 Å². The molecule has 0 saturated carbocycles. The average molecular weight is 210 g/mol. The van der Waals surface area contributed by atoms with Crippen molar-refractivity contribution in [3.05, 3.63) is 24.3 Å². The van der Waals surface area contributed by atoms with Gasteiger partial charge in [-0.1, -0.05) is 17.7 Å². The quantitative estimate of drug-likeness (QED) is 0.680. The minimum atomic E-state index is 0.165. The van der Waals surface area contributed by atoms with Crippen molar-refractivity contribution < 1.29 is 9.94 Å². The lowest BCUT2D eigenvalue weighted by Gasteiger charge is -2.28. The average Bonchev–Trinajstić information content (AvgIpc) is 2.54. The van der Waals surface area contributed by atoms with Crippen LogP contribution >= 0.6 is 0 Å². The van der Waals surface area contributed by atoms with E-state index in [1.165, 1.54) is 5.57 Å². The smallest absolute Gasteiger partial charge is 0.0864 e. The minimum Gasteiger partial charge on any atom is -0.394 e. The van der Waals surface area contributed by atoms with Crippen LogP contribution in [0.2, 0.25) is 0 Å². The van der Waals surface area contributed by atoms with Crippen molar-refractivity contribution in [1.29, 1.82) is 0 Å². The van der Waals surface area contributed by atoms with Crippen molar-refractivity contribution in [2.75, 3.05) is 26.4 Å². The molecule has 0 aliphatic carbocycles. The standard InChI is InChI=1S/C11H18N2O2/c1-3-4-15-13-8-12-6-10(13)5-9(2)11(12)7-14/h3,5,10-11,14H,1,4,6-8H2,2H3/t10-,11-/m1/s1. The molecule has 2 heterocycles. The highest BCUT2D eigenvalue weighted by Gasteiger charge is 2.38. The molecule has 4 nitrogen and oxygen atoms in total. The summed E-state index contributed by atoms with van der Waals surface area (Å²) in [5.74, 6) is 0. The second kappa shape index (κ2) is 4.45. The second-order valence-corrected chi connectivity index (χ2v) is 4.09. The molecule has 4 heteroatoms.